The van der Waals surface area contributed by atoms with Crippen molar-refractivity contribution < 1.29 is 4.79 Å². The van der Waals surface area contributed by atoms with E-state index in [1.807, 2.05) is 75.2 Å². The lowest BCUT2D eigenvalue weighted by Gasteiger charge is -2.24. The van der Waals surface area contributed by atoms with Gasteiger partial charge in [-0.2, -0.15) is 0 Å². The second kappa shape index (κ2) is 6.44. The summed E-state index contributed by atoms with van der Waals surface area (Å²) in [5.41, 5.74) is 4.72. The van der Waals surface area contributed by atoms with Crippen molar-refractivity contribution in [2.24, 2.45) is 0 Å². The first-order chi connectivity index (χ1) is 10.1. The van der Waals surface area contributed by atoms with Gasteiger partial charge in [-0.15, -0.1) is 0 Å². The lowest BCUT2D eigenvalue weighted by molar-refractivity contribution is 0.0989. The summed E-state index contributed by atoms with van der Waals surface area (Å²) in [6.45, 7) is 6.67. The highest BCUT2D eigenvalue weighted by Gasteiger charge is 2.20. The highest BCUT2D eigenvalue weighted by molar-refractivity contribution is 6.10. The number of hydrogen-bond acceptors (Lipinski definition) is 2. The van der Waals surface area contributed by atoms with Crippen molar-refractivity contribution in [3.63, 3.8) is 0 Å². The summed E-state index contributed by atoms with van der Waals surface area (Å²) in [6.07, 6.45) is 0. The molecule has 0 aliphatic carbocycles. The van der Waals surface area contributed by atoms with Crippen LogP contribution in [-0.2, 0) is 0 Å². The summed E-state index contributed by atoms with van der Waals surface area (Å²) < 4.78 is 0. The number of aryl methyl sites for hydroxylation is 2. The van der Waals surface area contributed by atoms with Gasteiger partial charge in [0.1, 0.15) is 0 Å². The zero-order valence-electron chi connectivity index (χ0n) is 13.1. The van der Waals surface area contributed by atoms with Gasteiger partial charge in [0.15, 0.2) is 0 Å². The van der Waals surface area contributed by atoms with Gasteiger partial charge < -0.3 is 10.2 Å². The van der Waals surface area contributed by atoms with Gasteiger partial charge in [0.25, 0.3) is 5.91 Å². The van der Waals surface area contributed by atoms with Gasteiger partial charge in [0.2, 0.25) is 0 Å². The van der Waals surface area contributed by atoms with Crippen LogP contribution in [0.5, 0.6) is 0 Å². The minimum Gasteiger partial charge on any atom is -0.387 e. The fourth-order valence-corrected chi connectivity index (χ4v) is 2.49. The van der Waals surface area contributed by atoms with E-state index in [1.165, 1.54) is 0 Å². The number of amides is 1. The van der Waals surface area contributed by atoms with Crippen molar-refractivity contribution in [1.29, 1.82) is 0 Å². The smallest absolute Gasteiger partial charge is 0.260 e. The molecule has 1 N–H and O–H groups in total. The third-order valence-corrected chi connectivity index (χ3v) is 3.64. The molecule has 3 heteroatoms. The number of para-hydroxylation sites is 1. The van der Waals surface area contributed by atoms with Crippen LogP contribution in [0.15, 0.2) is 42.5 Å². The Morgan fingerprint density at radius 3 is 2.48 bits per heavy atom. The first kappa shape index (κ1) is 15.1. The Balaban J connectivity index is 2.46. The van der Waals surface area contributed by atoms with Gasteiger partial charge in [-0.1, -0.05) is 29.8 Å². The second-order valence-corrected chi connectivity index (χ2v) is 5.13. The number of rotatable bonds is 4. The van der Waals surface area contributed by atoms with E-state index in [0.29, 0.717) is 12.1 Å². The van der Waals surface area contributed by atoms with E-state index in [4.69, 9.17) is 0 Å². The van der Waals surface area contributed by atoms with Crippen molar-refractivity contribution in [3.8, 4) is 0 Å². The largest absolute Gasteiger partial charge is 0.387 e. The molecule has 0 radical (unpaired) electrons. The van der Waals surface area contributed by atoms with Crippen molar-refractivity contribution in [2.75, 3.05) is 23.8 Å². The van der Waals surface area contributed by atoms with E-state index < -0.39 is 0 Å². The number of nitrogens with one attached hydrogen (secondary N) is 1. The molecule has 110 valence electrons. The molecule has 0 fully saturated rings. The first-order valence-corrected chi connectivity index (χ1v) is 7.24. The maximum absolute atomic E-state index is 12.9. The maximum atomic E-state index is 12.9. The molecular formula is C18H22N2O. The highest BCUT2D eigenvalue weighted by Crippen LogP contribution is 2.25. The van der Waals surface area contributed by atoms with E-state index in [2.05, 4.69) is 5.32 Å². The average Bonchev–Trinajstić information content (AvgIpc) is 2.49. The van der Waals surface area contributed by atoms with Gasteiger partial charge >= 0.3 is 0 Å². The van der Waals surface area contributed by atoms with Gasteiger partial charge in [0, 0.05) is 25.0 Å². The predicted molar refractivity (Wildman–Crippen MR) is 89.3 cm³/mol. The molecule has 0 spiro atoms. The second-order valence-electron chi connectivity index (χ2n) is 5.13. The molecule has 0 aliphatic rings. The molecule has 2 rings (SSSR count). The lowest BCUT2D eigenvalue weighted by Crippen LogP contribution is -2.31. The lowest BCUT2D eigenvalue weighted by atomic mass is 10.1. The summed E-state index contributed by atoms with van der Waals surface area (Å²) in [6, 6.07) is 13.9. The molecule has 0 saturated heterocycles. The van der Waals surface area contributed by atoms with Crippen molar-refractivity contribution >= 4 is 17.3 Å². The van der Waals surface area contributed by atoms with Crippen LogP contribution in [0.2, 0.25) is 0 Å². The molecule has 0 unspecified atom stereocenters. The van der Waals surface area contributed by atoms with Crippen LogP contribution in [0.25, 0.3) is 0 Å². The molecule has 0 bridgehead atoms. The molecule has 0 atom stereocenters. The minimum absolute atomic E-state index is 0.0276. The third kappa shape index (κ3) is 3.07. The molecule has 3 nitrogen and oxygen atoms in total. The monoisotopic (exact) mass is 282 g/mol. The van der Waals surface area contributed by atoms with E-state index in [0.717, 1.165) is 22.5 Å². The summed E-state index contributed by atoms with van der Waals surface area (Å²) >= 11 is 0. The van der Waals surface area contributed by atoms with E-state index in [1.54, 1.807) is 0 Å². The van der Waals surface area contributed by atoms with Gasteiger partial charge in [0.05, 0.1) is 5.56 Å². The van der Waals surface area contributed by atoms with E-state index in [9.17, 15) is 4.79 Å². The first-order valence-electron chi connectivity index (χ1n) is 7.24. The number of carbonyl (C=O) groups excluding carboxylic acids is 1. The highest BCUT2D eigenvalue weighted by atomic mass is 16.2. The number of carbonyl (C=O) groups is 1. The number of benzene rings is 2. The third-order valence-electron chi connectivity index (χ3n) is 3.64. The topological polar surface area (TPSA) is 32.3 Å². The van der Waals surface area contributed by atoms with Gasteiger partial charge in [-0.3, -0.25) is 4.79 Å². The van der Waals surface area contributed by atoms with Crippen LogP contribution in [0.4, 0.5) is 11.4 Å². The zero-order valence-corrected chi connectivity index (χ0v) is 13.1. The Kier molecular flexibility index (Phi) is 4.63. The van der Waals surface area contributed by atoms with Crippen LogP contribution in [-0.4, -0.2) is 19.5 Å². The summed E-state index contributed by atoms with van der Waals surface area (Å²) in [7, 11) is 1.84. The van der Waals surface area contributed by atoms with Crippen LogP contribution in [0, 0.1) is 13.8 Å². The molecule has 2 aromatic carbocycles. The molecule has 0 heterocycles. The van der Waals surface area contributed by atoms with E-state index >= 15 is 0 Å². The number of nitrogens with zero attached hydrogens (tertiary/aromatic N) is 1. The fourth-order valence-electron chi connectivity index (χ4n) is 2.49. The van der Waals surface area contributed by atoms with Crippen molar-refractivity contribution in [1.82, 2.24) is 0 Å². The standard InChI is InChI=1S/C18H22N2O/c1-5-20(17-9-7-6-8-14(17)3)18(21)15-12-13(2)10-11-16(15)19-4/h6-12,19H,5H2,1-4H3. The van der Waals surface area contributed by atoms with Crippen molar-refractivity contribution in [2.45, 2.75) is 20.8 Å². The molecular weight excluding hydrogens is 260 g/mol. The SMILES string of the molecule is CCN(C(=O)c1cc(C)ccc1NC)c1ccccc1C. The number of hydrogen-bond donors (Lipinski definition) is 1. The van der Waals surface area contributed by atoms with Crippen LogP contribution in [0.3, 0.4) is 0 Å². The van der Waals surface area contributed by atoms with Crippen LogP contribution >= 0.6 is 0 Å². The fraction of sp³-hybridized carbons (Fsp3) is 0.278. The average molecular weight is 282 g/mol. The van der Waals surface area contributed by atoms with E-state index in [-0.39, 0.29) is 5.91 Å². The summed E-state index contributed by atoms with van der Waals surface area (Å²) in [4.78, 5) is 14.8. The van der Waals surface area contributed by atoms with Crippen molar-refractivity contribution in [3.05, 3.63) is 59.2 Å². The van der Waals surface area contributed by atoms with Crippen LogP contribution in [0.1, 0.15) is 28.4 Å². The molecule has 21 heavy (non-hydrogen) atoms. The Bertz CT molecular complexity index is 649. The Hall–Kier alpha value is -2.29. The normalized spacial score (nSPS) is 10.3. The maximum Gasteiger partial charge on any atom is 0.260 e. The molecule has 0 aliphatic heterocycles. The summed E-state index contributed by atoms with van der Waals surface area (Å²) in [5, 5.41) is 3.10. The Labute approximate surface area is 126 Å². The molecule has 2 aromatic rings. The molecule has 0 aromatic heterocycles. The molecule has 0 saturated carbocycles. The minimum atomic E-state index is 0.0276. The molecule has 1 amide bonds. The van der Waals surface area contributed by atoms with Crippen LogP contribution < -0.4 is 10.2 Å². The van der Waals surface area contributed by atoms with Gasteiger partial charge in [-0.05, 0) is 44.5 Å². The quantitative estimate of drug-likeness (QED) is 0.919. The number of anilines is 2. The zero-order chi connectivity index (χ0) is 15.4. The van der Waals surface area contributed by atoms with Gasteiger partial charge in [-0.25, -0.2) is 0 Å². The predicted octanol–water partition coefficient (Wildman–Crippen LogP) is 4.01. The Morgan fingerprint density at radius 2 is 1.86 bits per heavy atom. The Morgan fingerprint density at radius 1 is 1.14 bits per heavy atom. The summed E-state index contributed by atoms with van der Waals surface area (Å²) in [5.74, 6) is 0.0276.